The lowest BCUT2D eigenvalue weighted by Crippen LogP contribution is -2.01. The van der Waals surface area contributed by atoms with Crippen LogP contribution in [0.2, 0.25) is 0 Å². The second kappa shape index (κ2) is 7.31. The van der Waals surface area contributed by atoms with E-state index in [1.165, 1.54) is 18.7 Å². The Kier molecular flexibility index (Phi) is 5.20. The fourth-order valence-corrected chi connectivity index (χ4v) is 1.96. The van der Waals surface area contributed by atoms with Crippen LogP contribution in [0.15, 0.2) is 54.7 Å². The van der Waals surface area contributed by atoms with Gasteiger partial charge < -0.3 is 14.8 Å². The summed E-state index contributed by atoms with van der Waals surface area (Å²) in [5.74, 6) is 0.977. The van der Waals surface area contributed by atoms with Crippen molar-refractivity contribution in [2.75, 3.05) is 19.5 Å². The quantitative estimate of drug-likeness (QED) is 0.650. The molecule has 0 aliphatic rings. The third-order valence-electron chi connectivity index (χ3n) is 3.21. The zero-order valence-corrected chi connectivity index (χ0v) is 12.9. The molecular formula is C18H19NO3. The number of ether oxygens (including phenoxy) is 2. The van der Waals surface area contributed by atoms with E-state index < -0.39 is 0 Å². The van der Waals surface area contributed by atoms with Gasteiger partial charge in [0, 0.05) is 18.0 Å². The molecule has 2 aromatic carbocycles. The minimum Gasteiger partial charge on any atom is -0.497 e. The number of methoxy groups -OCH3 is 2. The number of benzene rings is 2. The van der Waals surface area contributed by atoms with Gasteiger partial charge in [-0.05, 0) is 37.3 Å². The smallest absolute Gasteiger partial charge is 0.191 e. The van der Waals surface area contributed by atoms with Crippen LogP contribution >= 0.6 is 0 Å². The molecule has 0 amide bonds. The Hall–Kier alpha value is -2.75. The second-order valence-corrected chi connectivity index (χ2v) is 4.77. The summed E-state index contributed by atoms with van der Waals surface area (Å²) in [6.07, 6.45) is 3.09. The molecular weight excluding hydrogens is 278 g/mol. The lowest BCUT2D eigenvalue weighted by Gasteiger charge is -2.08. The van der Waals surface area contributed by atoms with Crippen molar-refractivity contribution < 1.29 is 14.3 Å². The zero-order chi connectivity index (χ0) is 15.9. The number of carbonyl (C=O) groups excluding carboxylic acids is 1. The summed E-state index contributed by atoms with van der Waals surface area (Å²) in [5.41, 5.74) is 2.57. The molecule has 0 unspecified atom stereocenters. The molecule has 0 atom stereocenters. The number of allylic oxidation sites excluding steroid dienone is 1. The van der Waals surface area contributed by atoms with Crippen molar-refractivity contribution in [3.05, 3.63) is 65.9 Å². The first kappa shape index (κ1) is 15.6. The van der Waals surface area contributed by atoms with Gasteiger partial charge in [-0.3, -0.25) is 4.79 Å². The van der Waals surface area contributed by atoms with Gasteiger partial charge in [0.2, 0.25) is 0 Å². The SMILES string of the molecule is COc1ccc(OC)c(C(=O)C=CNc2ccc(C)cc2)c1. The van der Waals surface area contributed by atoms with E-state index in [2.05, 4.69) is 5.32 Å². The lowest BCUT2D eigenvalue weighted by atomic mass is 10.1. The topological polar surface area (TPSA) is 47.6 Å². The molecule has 0 saturated heterocycles. The number of rotatable bonds is 6. The van der Waals surface area contributed by atoms with Crippen molar-refractivity contribution in [3.63, 3.8) is 0 Å². The molecule has 2 rings (SSSR count). The Bertz CT molecular complexity index is 675. The predicted molar refractivity (Wildman–Crippen MR) is 87.8 cm³/mol. The summed E-state index contributed by atoms with van der Waals surface area (Å²) in [7, 11) is 3.09. The highest BCUT2D eigenvalue weighted by Gasteiger charge is 2.10. The van der Waals surface area contributed by atoms with Crippen molar-refractivity contribution in [2.45, 2.75) is 6.92 Å². The van der Waals surface area contributed by atoms with Gasteiger partial charge in [-0.1, -0.05) is 17.7 Å². The number of ketones is 1. The van der Waals surface area contributed by atoms with Crippen LogP contribution in [-0.4, -0.2) is 20.0 Å². The van der Waals surface area contributed by atoms with Crippen molar-refractivity contribution >= 4 is 11.5 Å². The molecule has 4 nitrogen and oxygen atoms in total. The van der Waals surface area contributed by atoms with Gasteiger partial charge in [-0.25, -0.2) is 0 Å². The van der Waals surface area contributed by atoms with Crippen molar-refractivity contribution in [3.8, 4) is 11.5 Å². The first-order valence-electron chi connectivity index (χ1n) is 6.90. The van der Waals surface area contributed by atoms with E-state index in [4.69, 9.17) is 9.47 Å². The van der Waals surface area contributed by atoms with Gasteiger partial charge in [0.15, 0.2) is 5.78 Å². The standard InChI is InChI=1S/C18H19NO3/c1-13-4-6-14(7-5-13)19-11-10-17(20)16-12-15(21-2)8-9-18(16)22-3/h4-12,19H,1-3H3. The van der Waals surface area contributed by atoms with Crippen LogP contribution in [0.25, 0.3) is 0 Å². The van der Waals surface area contributed by atoms with E-state index in [9.17, 15) is 4.79 Å². The molecule has 1 N–H and O–H groups in total. The van der Waals surface area contributed by atoms with Gasteiger partial charge in [-0.2, -0.15) is 0 Å². The Morgan fingerprint density at radius 2 is 1.77 bits per heavy atom. The molecule has 0 radical (unpaired) electrons. The highest BCUT2D eigenvalue weighted by molar-refractivity contribution is 6.06. The van der Waals surface area contributed by atoms with Crippen LogP contribution in [0.5, 0.6) is 11.5 Å². The largest absolute Gasteiger partial charge is 0.497 e. The third-order valence-corrected chi connectivity index (χ3v) is 3.21. The maximum atomic E-state index is 12.3. The van der Waals surface area contributed by atoms with E-state index in [1.54, 1.807) is 31.5 Å². The van der Waals surface area contributed by atoms with Gasteiger partial charge in [0.05, 0.1) is 19.8 Å². The monoisotopic (exact) mass is 297 g/mol. The van der Waals surface area contributed by atoms with Gasteiger partial charge in [0.1, 0.15) is 11.5 Å². The second-order valence-electron chi connectivity index (χ2n) is 4.77. The Balaban J connectivity index is 2.11. The number of carbonyl (C=O) groups is 1. The first-order chi connectivity index (χ1) is 10.6. The molecule has 0 aliphatic heterocycles. The number of aryl methyl sites for hydroxylation is 1. The molecule has 0 aromatic heterocycles. The molecule has 0 aliphatic carbocycles. The van der Waals surface area contributed by atoms with Crippen LogP contribution in [-0.2, 0) is 0 Å². The van der Waals surface area contributed by atoms with Gasteiger partial charge >= 0.3 is 0 Å². The highest BCUT2D eigenvalue weighted by atomic mass is 16.5. The van der Waals surface area contributed by atoms with Crippen LogP contribution < -0.4 is 14.8 Å². The van der Waals surface area contributed by atoms with Crippen LogP contribution in [0.1, 0.15) is 15.9 Å². The summed E-state index contributed by atoms with van der Waals surface area (Å²) in [6, 6.07) is 13.0. The minimum absolute atomic E-state index is 0.157. The number of hydrogen-bond acceptors (Lipinski definition) is 4. The fraction of sp³-hybridized carbons (Fsp3) is 0.167. The highest BCUT2D eigenvalue weighted by Crippen LogP contribution is 2.24. The molecule has 0 fully saturated rings. The molecule has 4 heteroatoms. The fourth-order valence-electron chi connectivity index (χ4n) is 1.96. The minimum atomic E-state index is -0.157. The summed E-state index contributed by atoms with van der Waals surface area (Å²) in [6.45, 7) is 2.03. The predicted octanol–water partition coefficient (Wildman–Crippen LogP) is 3.82. The van der Waals surface area contributed by atoms with E-state index in [-0.39, 0.29) is 5.78 Å². The van der Waals surface area contributed by atoms with Gasteiger partial charge in [-0.15, -0.1) is 0 Å². The first-order valence-corrected chi connectivity index (χ1v) is 6.90. The molecule has 0 bridgehead atoms. The van der Waals surface area contributed by atoms with Crippen LogP contribution in [0.3, 0.4) is 0 Å². The molecule has 22 heavy (non-hydrogen) atoms. The van der Waals surface area contributed by atoms with E-state index in [0.717, 1.165) is 5.69 Å². The average Bonchev–Trinajstić information content (AvgIpc) is 2.56. The zero-order valence-electron chi connectivity index (χ0n) is 12.9. The third kappa shape index (κ3) is 3.88. The van der Waals surface area contributed by atoms with Crippen molar-refractivity contribution in [1.82, 2.24) is 0 Å². The lowest BCUT2D eigenvalue weighted by molar-refractivity contribution is 0.104. The molecule has 2 aromatic rings. The van der Waals surface area contributed by atoms with E-state index in [1.807, 2.05) is 31.2 Å². The number of nitrogens with one attached hydrogen (secondary N) is 1. The maximum absolute atomic E-state index is 12.3. The summed E-state index contributed by atoms with van der Waals surface area (Å²) >= 11 is 0. The van der Waals surface area contributed by atoms with Crippen LogP contribution in [0.4, 0.5) is 5.69 Å². The normalized spacial score (nSPS) is 10.5. The molecule has 0 spiro atoms. The molecule has 0 heterocycles. The van der Waals surface area contributed by atoms with Crippen LogP contribution in [0, 0.1) is 6.92 Å². The Morgan fingerprint density at radius 3 is 2.41 bits per heavy atom. The Morgan fingerprint density at radius 1 is 1.05 bits per heavy atom. The summed E-state index contributed by atoms with van der Waals surface area (Å²) in [4.78, 5) is 12.3. The number of anilines is 1. The van der Waals surface area contributed by atoms with Gasteiger partial charge in [0.25, 0.3) is 0 Å². The maximum Gasteiger partial charge on any atom is 0.191 e. The molecule has 0 saturated carbocycles. The van der Waals surface area contributed by atoms with Crippen molar-refractivity contribution in [2.24, 2.45) is 0 Å². The molecule has 114 valence electrons. The summed E-state index contributed by atoms with van der Waals surface area (Å²) in [5, 5.41) is 3.07. The number of hydrogen-bond donors (Lipinski definition) is 1. The van der Waals surface area contributed by atoms with Crippen molar-refractivity contribution in [1.29, 1.82) is 0 Å². The summed E-state index contributed by atoms with van der Waals surface area (Å²) < 4.78 is 10.4. The van der Waals surface area contributed by atoms with E-state index >= 15 is 0 Å². The average molecular weight is 297 g/mol. The van der Waals surface area contributed by atoms with E-state index in [0.29, 0.717) is 17.1 Å². The Labute approximate surface area is 130 Å².